The number of hydrogen-bond donors (Lipinski definition) is 4. The highest BCUT2D eigenvalue weighted by Crippen LogP contribution is 2.52. The lowest BCUT2D eigenvalue weighted by Crippen LogP contribution is -2.34. The second-order valence-electron chi connectivity index (χ2n) is 13.3. The third kappa shape index (κ3) is 5.93. The van der Waals surface area contributed by atoms with Crippen molar-refractivity contribution in [3.05, 3.63) is 99.2 Å². The van der Waals surface area contributed by atoms with Crippen molar-refractivity contribution >= 4 is 62.7 Å². The van der Waals surface area contributed by atoms with Crippen molar-refractivity contribution in [1.29, 1.82) is 0 Å². The average Bonchev–Trinajstić information content (AvgIpc) is 3.76. The summed E-state index contributed by atoms with van der Waals surface area (Å²) in [4.78, 5) is 67.3. The molecule has 1 aliphatic carbocycles. The average molecular weight is 705 g/mol. The van der Waals surface area contributed by atoms with Gasteiger partial charge in [0.05, 0.1) is 53.6 Å². The summed E-state index contributed by atoms with van der Waals surface area (Å²) in [5.41, 5.74) is 9.53. The fraction of sp³-hybridized carbons (Fsp3) is 0.300. The van der Waals surface area contributed by atoms with Gasteiger partial charge in [0.1, 0.15) is 0 Å². The number of hydrogen-bond acceptors (Lipinski definition) is 8. The Morgan fingerprint density at radius 3 is 1.92 bits per heavy atom. The molecule has 0 radical (unpaired) electrons. The van der Waals surface area contributed by atoms with E-state index in [4.69, 9.17) is 19.4 Å². The number of ether oxygens (including phenoxy) is 2. The first kappa shape index (κ1) is 35.8. The van der Waals surface area contributed by atoms with Crippen molar-refractivity contribution in [2.24, 2.45) is 0 Å². The number of rotatable bonds is 9. The molecule has 12 nitrogen and oxygen atoms in total. The van der Waals surface area contributed by atoms with Gasteiger partial charge >= 0.3 is 23.9 Å². The Morgan fingerprint density at radius 2 is 1.38 bits per heavy atom. The third-order valence-electron chi connectivity index (χ3n) is 10.4. The number of allylic oxidation sites excluding steroid dienone is 5. The molecule has 8 bridgehead atoms. The SMILES string of the molecule is C=CC1=C(C)c2cc3nc(cc4[nH]c(cc5[nH]c(cc1n2)c(C)c5CCC(=O)O)c(CCC(=O)O)c4C)[C@@]1(C)C3=CCC(C(=O)OC)=C1C(=O)OC. The van der Waals surface area contributed by atoms with Gasteiger partial charge in [0, 0.05) is 40.5 Å². The van der Waals surface area contributed by atoms with Gasteiger partial charge in [-0.3, -0.25) is 14.6 Å². The topological polar surface area (TPSA) is 185 Å². The molecule has 0 unspecified atom stereocenters. The Hall–Kier alpha value is -6.04. The van der Waals surface area contributed by atoms with Crippen LogP contribution in [0.15, 0.2) is 54.1 Å². The van der Waals surface area contributed by atoms with Crippen LogP contribution in [0.5, 0.6) is 0 Å². The second-order valence-corrected chi connectivity index (χ2v) is 13.3. The number of carboxylic acid groups (broad SMARTS) is 2. The second kappa shape index (κ2) is 13.6. The van der Waals surface area contributed by atoms with Crippen LogP contribution in [0.3, 0.4) is 0 Å². The van der Waals surface area contributed by atoms with E-state index in [2.05, 4.69) is 16.5 Å². The van der Waals surface area contributed by atoms with Gasteiger partial charge in [-0.05, 0) is 105 Å². The highest BCUT2D eigenvalue weighted by Gasteiger charge is 2.49. The van der Waals surface area contributed by atoms with Crippen LogP contribution in [0.2, 0.25) is 0 Å². The van der Waals surface area contributed by atoms with Crippen LogP contribution in [0.1, 0.15) is 78.1 Å². The van der Waals surface area contributed by atoms with E-state index in [1.165, 1.54) is 14.2 Å². The van der Waals surface area contributed by atoms with Gasteiger partial charge < -0.3 is 29.7 Å². The number of carbonyl (C=O) groups is 4. The van der Waals surface area contributed by atoms with Gasteiger partial charge in [0.15, 0.2) is 0 Å². The molecule has 12 heteroatoms. The van der Waals surface area contributed by atoms with Crippen molar-refractivity contribution in [2.75, 3.05) is 14.2 Å². The van der Waals surface area contributed by atoms with E-state index < -0.39 is 29.3 Å². The fourth-order valence-electron chi connectivity index (χ4n) is 7.56. The molecule has 0 fully saturated rings. The molecule has 268 valence electrons. The zero-order valence-electron chi connectivity index (χ0n) is 29.9. The molecule has 3 aromatic rings. The summed E-state index contributed by atoms with van der Waals surface area (Å²) < 4.78 is 10.4. The number of H-pyrrole nitrogens is 2. The molecule has 52 heavy (non-hydrogen) atoms. The maximum atomic E-state index is 13.6. The summed E-state index contributed by atoms with van der Waals surface area (Å²) >= 11 is 0. The van der Waals surface area contributed by atoms with Gasteiger partial charge in [-0.15, -0.1) is 0 Å². The van der Waals surface area contributed by atoms with E-state index in [0.717, 1.165) is 38.9 Å². The van der Waals surface area contributed by atoms with Crippen molar-refractivity contribution in [2.45, 2.75) is 65.2 Å². The number of methoxy groups -OCH3 is 2. The Balaban J connectivity index is 1.80. The van der Waals surface area contributed by atoms with Gasteiger partial charge in [-0.25, -0.2) is 14.6 Å². The van der Waals surface area contributed by atoms with Crippen LogP contribution in [0.25, 0.3) is 38.8 Å². The van der Waals surface area contributed by atoms with Crippen LogP contribution in [0.4, 0.5) is 0 Å². The van der Waals surface area contributed by atoms with Crippen molar-refractivity contribution in [3.8, 4) is 0 Å². The number of nitrogens with one attached hydrogen (secondary N) is 2. The van der Waals surface area contributed by atoms with Gasteiger partial charge in [-0.1, -0.05) is 18.7 Å². The number of aliphatic carboxylic acids is 2. The Kier molecular flexibility index (Phi) is 9.35. The largest absolute Gasteiger partial charge is 0.481 e. The Morgan fingerprint density at radius 1 is 0.808 bits per heavy atom. The van der Waals surface area contributed by atoms with E-state index >= 15 is 0 Å². The summed E-state index contributed by atoms with van der Waals surface area (Å²) in [6.45, 7) is 11.6. The minimum Gasteiger partial charge on any atom is -0.481 e. The van der Waals surface area contributed by atoms with Crippen molar-refractivity contribution in [3.63, 3.8) is 0 Å². The molecule has 2 aliphatic heterocycles. The highest BCUT2D eigenvalue weighted by molar-refractivity contribution is 6.08. The zero-order chi connectivity index (χ0) is 37.6. The molecule has 3 aliphatic rings. The fourth-order valence-corrected chi connectivity index (χ4v) is 7.56. The lowest BCUT2D eigenvalue weighted by atomic mass is 9.68. The number of carbonyl (C=O) groups excluding carboxylic acids is 2. The minimum absolute atomic E-state index is 0.0884. The first-order valence-corrected chi connectivity index (χ1v) is 16.9. The molecular weight excluding hydrogens is 664 g/mol. The quantitative estimate of drug-likeness (QED) is 0.180. The van der Waals surface area contributed by atoms with Crippen LogP contribution in [-0.4, -0.2) is 68.2 Å². The number of aryl methyl sites for hydroxylation is 4. The molecule has 6 rings (SSSR count). The molecule has 0 spiro atoms. The normalized spacial score (nSPS) is 16.7. The number of fused-ring (bicyclic) bond motifs is 11. The molecule has 0 amide bonds. The molecule has 5 heterocycles. The van der Waals surface area contributed by atoms with Crippen molar-refractivity contribution in [1.82, 2.24) is 19.9 Å². The van der Waals surface area contributed by atoms with E-state index in [9.17, 15) is 29.4 Å². The Bertz CT molecular complexity index is 2370. The number of nitrogens with zero attached hydrogens (tertiary/aromatic N) is 2. The molecule has 0 saturated carbocycles. The molecule has 4 N–H and O–H groups in total. The first-order chi connectivity index (χ1) is 24.7. The van der Waals surface area contributed by atoms with Crippen molar-refractivity contribution < 1.29 is 38.9 Å². The van der Waals surface area contributed by atoms with Crippen LogP contribution >= 0.6 is 0 Å². The lowest BCUT2D eigenvalue weighted by Gasteiger charge is -2.32. The molecule has 0 aromatic carbocycles. The maximum Gasteiger partial charge on any atom is 0.335 e. The summed E-state index contributed by atoms with van der Waals surface area (Å²) in [6.07, 6.45) is 3.99. The van der Waals surface area contributed by atoms with Crippen LogP contribution < -0.4 is 0 Å². The predicted octanol–water partition coefficient (Wildman–Crippen LogP) is 6.47. The monoisotopic (exact) mass is 704 g/mol. The van der Waals surface area contributed by atoms with Gasteiger partial charge in [0.2, 0.25) is 0 Å². The summed E-state index contributed by atoms with van der Waals surface area (Å²) in [7, 11) is 2.52. The smallest absolute Gasteiger partial charge is 0.335 e. The van der Waals surface area contributed by atoms with Crippen LogP contribution in [-0.2, 0) is 46.9 Å². The van der Waals surface area contributed by atoms with E-state index in [1.807, 2.05) is 58.0 Å². The zero-order valence-corrected chi connectivity index (χ0v) is 29.9. The summed E-state index contributed by atoms with van der Waals surface area (Å²) in [5.74, 6) is -3.23. The molecule has 1 atom stereocenters. The minimum atomic E-state index is -1.25. The molecule has 0 saturated heterocycles. The van der Waals surface area contributed by atoms with E-state index in [0.29, 0.717) is 44.9 Å². The number of aromatic amines is 2. The lowest BCUT2D eigenvalue weighted by molar-refractivity contribution is -0.139. The summed E-state index contributed by atoms with van der Waals surface area (Å²) in [5, 5.41) is 19.2. The number of esters is 2. The Labute approximate surface area is 299 Å². The highest BCUT2D eigenvalue weighted by atomic mass is 16.5. The first-order valence-electron chi connectivity index (χ1n) is 16.9. The maximum absolute atomic E-state index is 13.6. The standard InChI is InChI=1S/C40H40N4O8/c1-8-22-19(2)28-16-33-26-12-9-25(38(49)51-6)37(39(50)52-7)40(26,5)34(44-33)18-29-21(4)24(11-14-36(47)48)32(43-29)17-31-23(10-13-35(45)46)20(3)27(42-31)15-30(22)41-28/h8,12,15-18,42-43H,1,9-11,13-14H2,2-7H3,(H,45,46)(H,47,48)/t40-/m1/s1. The number of carboxylic acids is 2. The third-order valence-corrected chi connectivity index (χ3v) is 10.4. The number of aromatic nitrogens is 4. The van der Waals surface area contributed by atoms with Gasteiger partial charge in [-0.2, -0.15) is 0 Å². The summed E-state index contributed by atoms with van der Waals surface area (Å²) in [6, 6.07) is 7.46. The predicted molar refractivity (Wildman–Crippen MR) is 196 cm³/mol. The van der Waals surface area contributed by atoms with E-state index in [1.54, 1.807) is 6.08 Å². The van der Waals surface area contributed by atoms with Gasteiger partial charge in [0.25, 0.3) is 0 Å². The molecular formula is C40H40N4O8. The molecule has 3 aromatic heterocycles. The van der Waals surface area contributed by atoms with E-state index in [-0.39, 0.29) is 43.3 Å². The van der Waals surface area contributed by atoms with Crippen LogP contribution in [0, 0.1) is 13.8 Å².